The molecule has 116 valence electrons. The molecule has 0 aliphatic carbocycles. The van der Waals surface area contributed by atoms with Gasteiger partial charge >= 0.3 is 0 Å². The minimum Gasteiger partial charge on any atom is -0.378 e. The molecule has 2 aromatic rings. The normalized spacial score (nSPS) is 17.7. The smallest absolute Gasteiger partial charge is 0.252 e. The summed E-state index contributed by atoms with van der Waals surface area (Å²) >= 11 is 0. The summed E-state index contributed by atoms with van der Waals surface area (Å²) in [5, 5.41) is 3.29. The number of nitrogens with zero attached hydrogens (tertiary/aromatic N) is 4. The molecule has 1 saturated heterocycles. The first-order chi connectivity index (χ1) is 10.7. The molecule has 1 unspecified atom stereocenters. The Morgan fingerprint density at radius 3 is 3.05 bits per heavy atom. The van der Waals surface area contributed by atoms with Gasteiger partial charge in [-0.3, -0.25) is 9.78 Å². The van der Waals surface area contributed by atoms with Gasteiger partial charge in [-0.15, -0.1) is 0 Å². The number of rotatable bonds is 5. The molecule has 3 heterocycles. The van der Waals surface area contributed by atoms with Crippen LogP contribution in [0, 0.1) is 0 Å². The van der Waals surface area contributed by atoms with Crippen molar-refractivity contribution in [2.75, 3.05) is 30.4 Å². The second-order valence-electron chi connectivity index (χ2n) is 5.14. The summed E-state index contributed by atoms with van der Waals surface area (Å²) in [7, 11) is 1.58. The predicted octanol–water partition coefficient (Wildman–Crippen LogP) is 0.397. The number of H-pyrrole nitrogens is 1. The highest BCUT2D eigenvalue weighted by Crippen LogP contribution is 2.17. The molecular weight excluding hydrogens is 284 g/mol. The van der Waals surface area contributed by atoms with Gasteiger partial charge in [0, 0.05) is 44.7 Å². The van der Waals surface area contributed by atoms with E-state index in [-0.39, 0.29) is 11.6 Å². The Morgan fingerprint density at radius 1 is 1.45 bits per heavy atom. The first kappa shape index (κ1) is 14.5. The summed E-state index contributed by atoms with van der Waals surface area (Å²) < 4.78 is 5.04. The number of aromatic amines is 1. The molecule has 0 amide bonds. The maximum atomic E-state index is 11.7. The Balaban J connectivity index is 1.68. The van der Waals surface area contributed by atoms with Crippen molar-refractivity contribution < 1.29 is 4.74 Å². The lowest BCUT2D eigenvalue weighted by Crippen LogP contribution is -2.29. The zero-order chi connectivity index (χ0) is 15.4. The van der Waals surface area contributed by atoms with Crippen LogP contribution >= 0.6 is 0 Å². The SMILES string of the molecule is COCc1cc(=O)[nH]c(N2CCC(Nc3ncccn3)C2)n1. The summed E-state index contributed by atoms with van der Waals surface area (Å²) in [6, 6.07) is 3.46. The number of anilines is 2. The van der Waals surface area contributed by atoms with E-state index in [9.17, 15) is 4.79 Å². The van der Waals surface area contributed by atoms with Gasteiger partial charge in [0.05, 0.1) is 12.3 Å². The van der Waals surface area contributed by atoms with E-state index in [1.165, 1.54) is 6.07 Å². The van der Waals surface area contributed by atoms with Gasteiger partial charge < -0.3 is 15.0 Å². The Hall–Kier alpha value is -2.48. The molecule has 0 spiro atoms. The molecule has 1 aliphatic heterocycles. The first-order valence-corrected chi connectivity index (χ1v) is 7.12. The van der Waals surface area contributed by atoms with Crippen molar-refractivity contribution in [2.45, 2.75) is 19.1 Å². The van der Waals surface area contributed by atoms with Crippen LogP contribution in [0.2, 0.25) is 0 Å². The van der Waals surface area contributed by atoms with E-state index in [1.807, 2.05) is 4.90 Å². The third-order valence-electron chi connectivity index (χ3n) is 3.46. The number of hydrogen-bond donors (Lipinski definition) is 2. The van der Waals surface area contributed by atoms with Crippen LogP contribution in [-0.2, 0) is 11.3 Å². The Morgan fingerprint density at radius 2 is 2.27 bits per heavy atom. The van der Waals surface area contributed by atoms with E-state index in [1.54, 1.807) is 25.6 Å². The Bertz CT molecular complexity index is 675. The van der Waals surface area contributed by atoms with Gasteiger partial charge in [0.25, 0.3) is 5.56 Å². The van der Waals surface area contributed by atoms with Crippen molar-refractivity contribution in [1.29, 1.82) is 0 Å². The third kappa shape index (κ3) is 3.40. The van der Waals surface area contributed by atoms with Crippen molar-refractivity contribution >= 4 is 11.9 Å². The lowest BCUT2D eigenvalue weighted by Gasteiger charge is -2.17. The maximum Gasteiger partial charge on any atom is 0.252 e. The standard InChI is InChI=1S/C14H18N6O2/c1-22-9-11-7-12(21)19-14(18-11)20-6-3-10(8-20)17-13-15-4-2-5-16-13/h2,4-5,7,10H,3,6,8-9H2,1H3,(H,15,16,17)(H,18,19,21). The van der Waals surface area contributed by atoms with Crippen LogP contribution in [0.4, 0.5) is 11.9 Å². The quantitative estimate of drug-likeness (QED) is 0.825. The van der Waals surface area contributed by atoms with E-state index >= 15 is 0 Å². The van der Waals surface area contributed by atoms with Crippen LogP contribution in [0.25, 0.3) is 0 Å². The van der Waals surface area contributed by atoms with E-state index in [2.05, 4.69) is 25.3 Å². The van der Waals surface area contributed by atoms with Gasteiger partial charge in [0.2, 0.25) is 11.9 Å². The van der Waals surface area contributed by atoms with E-state index in [0.29, 0.717) is 24.2 Å². The average molecular weight is 302 g/mol. The maximum absolute atomic E-state index is 11.7. The fourth-order valence-electron chi connectivity index (χ4n) is 2.49. The summed E-state index contributed by atoms with van der Waals surface area (Å²) in [5.41, 5.74) is 0.462. The van der Waals surface area contributed by atoms with Crippen molar-refractivity contribution in [3.05, 3.63) is 40.6 Å². The molecule has 8 nitrogen and oxygen atoms in total. The van der Waals surface area contributed by atoms with Crippen LogP contribution in [0.5, 0.6) is 0 Å². The molecule has 22 heavy (non-hydrogen) atoms. The summed E-state index contributed by atoms with van der Waals surface area (Å²) in [5.74, 6) is 1.20. The molecule has 1 aliphatic rings. The van der Waals surface area contributed by atoms with Gasteiger partial charge in [0.1, 0.15) is 0 Å². The van der Waals surface area contributed by atoms with Crippen molar-refractivity contribution in [3.8, 4) is 0 Å². The minimum absolute atomic E-state index is 0.167. The van der Waals surface area contributed by atoms with Gasteiger partial charge in [-0.1, -0.05) is 0 Å². The number of hydrogen-bond acceptors (Lipinski definition) is 7. The molecular formula is C14H18N6O2. The average Bonchev–Trinajstić information content (AvgIpc) is 2.97. The molecule has 3 rings (SSSR count). The zero-order valence-electron chi connectivity index (χ0n) is 12.3. The van der Waals surface area contributed by atoms with Gasteiger partial charge in [-0.2, -0.15) is 0 Å². The Labute approximate surface area is 127 Å². The molecule has 0 aromatic carbocycles. The summed E-state index contributed by atoms with van der Waals surface area (Å²) in [6.07, 6.45) is 4.33. The van der Waals surface area contributed by atoms with Crippen LogP contribution in [-0.4, -0.2) is 46.2 Å². The number of methoxy groups -OCH3 is 1. The number of aromatic nitrogens is 4. The van der Waals surface area contributed by atoms with Gasteiger partial charge in [-0.25, -0.2) is 15.0 Å². The van der Waals surface area contributed by atoms with Crippen LogP contribution < -0.4 is 15.8 Å². The molecule has 8 heteroatoms. The highest BCUT2D eigenvalue weighted by molar-refractivity contribution is 5.36. The van der Waals surface area contributed by atoms with Crippen LogP contribution in [0.1, 0.15) is 12.1 Å². The predicted molar refractivity (Wildman–Crippen MR) is 81.8 cm³/mol. The minimum atomic E-state index is -0.167. The Kier molecular flexibility index (Phi) is 4.29. The molecule has 0 radical (unpaired) electrons. The van der Waals surface area contributed by atoms with Gasteiger partial charge in [0.15, 0.2) is 0 Å². The first-order valence-electron chi connectivity index (χ1n) is 7.12. The van der Waals surface area contributed by atoms with Crippen LogP contribution in [0.15, 0.2) is 29.3 Å². The van der Waals surface area contributed by atoms with Crippen molar-refractivity contribution in [3.63, 3.8) is 0 Å². The summed E-state index contributed by atoms with van der Waals surface area (Å²) in [6.45, 7) is 1.87. The molecule has 0 saturated carbocycles. The number of ether oxygens (including phenoxy) is 1. The van der Waals surface area contributed by atoms with Crippen molar-refractivity contribution in [1.82, 2.24) is 19.9 Å². The molecule has 1 atom stereocenters. The molecule has 2 N–H and O–H groups in total. The van der Waals surface area contributed by atoms with E-state index in [4.69, 9.17) is 4.74 Å². The van der Waals surface area contributed by atoms with Crippen LogP contribution in [0.3, 0.4) is 0 Å². The fraction of sp³-hybridized carbons (Fsp3) is 0.429. The second kappa shape index (κ2) is 6.52. The highest BCUT2D eigenvalue weighted by Gasteiger charge is 2.24. The third-order valence-corrected chi connectivity index (χ3v) is 3.46. The molecule has 2 aromatic heterocycles. The lowest BCUT2D eigenvalue weighted by atomic mass is 10.3. The highest BCUT2D eigenvalue weighted by atomic mass is 16.5. The van der Waals surface area contributed by atoms with E-state index in [0.717, 1.165) is 19.5 Å². The second-order valence-corrected chi connectivity index (χ2v) is 5.14. The van der Waals surface area contributed by atoms with E-state index < -0.39 is 0 Å². The largest absolute Gasteiger partial charge is 0.378 e. The zero-order valence-corrected chi connectivity index (χ0v) is 12.3. The molecule has 1 fully saturated rings. The molecule has 0 bridgehead atoms. The monoisotopic (exact) mass is 302 g/mol. The fourth-order valence-corrected chi connectivity index (χ4v) is 2.49. The summed E-state index contributed by atoms with van der Waals surface area (Å²) in [4.78, 5) is 29.3. The van der Waals surface area contributed by atoms with Crippen molar-refractivity contribution in [2.24, 2.45) is 0 Å². The number of nitrogens with one attached hydrogen (secondary N) is 2. The van der Waals surface area contributed by atoms with Gasteiger partial charge in [-0.05, 0) is 12.5 Å². The topological polar surface area (TPSA) is 96.0 Å². The lowest BCUT2D eigenvalue weighted by molar-refractivity contribution is 0.181.